The maximum atomic E-state index is 9.01. The predicted molar refractivity (Wildman–Crippen MR) is 81.0 cm³/mol. The molecule has 0 aliphatic carbocycles. The van der Waals surface area contributed by atoms with Crippen molar-refractivity contribution in [3.63, 3.8) is 0 Å². The van der Waals surface area contributed by atoms with Crippen molar-refractivity contribution in [3.05, 3.63) is 59.3 Å². The van der Waals surface area contributed by atoms with E-state index in [0.717, 1.165) is 30.2 Å². The Morgan fingerprint density at radius 3 is 2.95 bits per heavy atom. The molecule has 0 spiro atoms. The molecule has 4 heteroatoms. The number of benzene rings is 1. The first kappa shape index (κ1) is 13.6. The van der Waals surface area contributed by atoms with Gasteiger partial charge in [-0.25, -0.2) is 4.98 Å². The molecule has 3 rings (SSSR count). The highest BCUT2D eigenvalue weighted by Crippen LogP contribution is 2.25. The number of rotatable bonds is 2. The number of pyridine rings is 1. The molecule has 0 radical (unpaired) electrons. The third kappa shape index (κ3) is 3.04. The number of nitrogens with zero attached hydrogens (tertiary/aromatic N) is 3. The Bertz CT molecular complexity index is 678. The van der Waals surface area contributed by atoms with Gasteiger partial charge in [0.1, 0.15) is 11.9 Å². The van der Waals surface area contributed by atoms with Crippen molar-refractivity contribution in [1.29, 1.82) is 5.26 Å². The number of hydrogen-bond acceptors (Lipinski definition) is 4. The number of nitriles is 1. The van der Waals surface area contributed by atoms with Crippen molar-refractivity contribution >= 4 is 5.82 Å². The van der Waals surface area contributed by atoms with E-state index in [4.69, 9.17) is 10.00 Å². The van der Waals surface area contributed by atoms with E-state index in [0.29, 0.717) is 12.2 Å². The van der Waals surface area contributed by atoms with Gasteiger partial charge in [0, 0.05) is 18.8 Å². The van der Waals surface area contributed by atoms with E-state index in [-0.39, 0.29) is 6.10 Å². The summed E-state index contributed by atoms with van der Waals surface area (Å²) in [4.78, 5) is 6.81. The molecule has 0 N–H and O–H groups in total. The summed E-state index contributed by atoms with van der Waals surface area (Å²) in [5.41, 5.74) is 2.73. The first-order valence-corrected chi connectivity index (χ1v) is 7.06. The molecular formula is C17H17N3O. The summed E-state index contributed by atoms with van der Waals surface area (Å²) < 4.78 is 5.87. The third-order valence-corrected chi connectivity index (χ3v) is 3.65. The average Bonchev–Trinajstić information content (AvgIpc) is 2.55. The van der Waals surface area contributed by atoms with Crippen molar-refractivity contribution in [1.82, 2.24) is 4.98 Å². The number of aromatic nitrogens is 1. The van der Waals surface area contributed by atoms with Crippen LogP contribution < -0.4 is 4.90 Å². The molecule has 0 unspecified atom stereocenters. The Kier molecular flexibility index (Phi) is 3.85. The second-order valence-electron chi connectivity index (χ2n) is 5.18. The van der Waals surface area contributed by atoms with E-state index in [2.05, 4.69) is 16.0 Å². The summed E-state index contributed by atoms with van der Waals surface area (Å²) in [6, 6.07) is 15.9. The molecule has 4 nitrogen and oxygen atoms in total. The van der Waals surface area contributed by atoms with Gasteiger partial charge >= 0.3 is 0 Å². The van der Waals surface area contributed by atoms with Gasteiger partial charge < -0.3 is 9.64 Å². The number of aryl methyl sites for hydroxylation is 1. The standard InChI is InChI=1S/C17H17N3O/c1-13-4-2-7-17(19-13)20-8-9-21-16(12-20)15-6-3-5-14(10-15)11-18/h2-7,10,16H,8-9,12H2,1H3/t16-/m0/s1. The van der Waals surface area contributed by atoms with Crippen molar-refractivity contribution in [3.8, 4) is 6.07 Å². The van der Waals surface area contributed by atoms with Crippen LogP contribution in [0.25, 0.3) is 0 Å². The van der Waals surface area contributed by atoms with Gasteiger partial charge in [-0.05, 0) is 36.8 Å². The van der Waals surface area contributed by atoms with Crippen molar-refractivity contribution in [2.24, 2.45) is 0 Å². The quantitative estimate of drug-likeness (QED) is 0.848. The van der Waals surface area contributed by atoms with Gasteiger partial charge in [0.25, 0.3) is 0 Å². The van der Waals surface area contributed by atoms with E-state index < -0.39 is 0 Å². The van der Waals surface area contributed by atoms with Crippen LogP contribution in [0.15, 0.2) is 42.5 Å². The Balaban J connectivity index is 1.81. The van der Waals surface area contributed by atoms with Crippen LogP contribution in [0.3, 0.4) is 0 Å². The van der Waals surface area contributed by atoms with Gasteiger partial charge in [0.05, 0.1) is 18.2 Å². The summed E-state index contributed by atoms with van der Waals surface area (Å²) in [6.45, 7) is 4.26. The van der Waals surface area contributed by atoms with Gasteiger partial charge in [0.2, 0.25) is 0 Å². The van der Waals surface area contributed by atoms with Gasteiger partial charge in [-0.2, -0.15) is 5.26 Å². The first-order valence-electron chi connectivity index (χ1n) is 7.06. The lowest BCUT2D eigenvalue weighted by Crippen LogP contribution is -2.38. The molecule has 1 aromatic carbocycles. The lowest BCUT2D eigenvalue weighted by Gasteiger charge is -2.34. The number of ether oxygens (including phenoxy) is 1. The van der Waals surface area contributed by atoms with Gasteiger partial charge in [-0.1, -0.05) is 18.2 Å². The Morgan fingerprint density at radius 1 is 1.29 bits per heavy atom. The fraction of sp³-hybridized carbons (Fsp3) is 0.294. The molecular weight excluding hydrogens is 262 g/mol. The lowest BCUT2D eigenvalue weighted by atomic mass is 10.0. The molecule has 1 aliphatic rings. The highest BCUT2D eigenvalue weighted by Gasteiger charge is 2.23. The summed E-state index contributed by atoms with van der Waals surface area (Å²) >= 11 is 0. The molecule has 1 fully saturated rings. The molecule has 1 saturated heterocycles. The van der Waals surface area contributed by atoms with Crippen LogP contribution in [0.2, 0.25) is 0 Å². The molecule has 2 heterocycles. The van der Waals surface area contributed by atoms with Crippen LogP contribution in [0.4, 0.5) is 5.82 Å². The summed E-state index contributed by atoms with van der Waals surface area (Å²) in [5.74, 6) is 0.986. The smallest absolute Gasteiger partial charge is 0.128 e. The first-order chi connectivity index (χ1) is 10.3. The van der Waals surface area contributed by atoms with E-state index in [1.54, 1.807) is 0 Å². The number of morpholine rings is 1. The zero-order valence-corrected chi connectivity index (χ0v) is 12.0. The Labute approximate surface area is 124 Å². The van der Waals surface area contributed by atoms with E-state index in [1.165, 1.54) is 0 Å². The maximum absolute atomic E-state index is 9.01. The summed E-state index contributed by atoms with van der Waals surface area (Å²) in [5, 5.41) is 9.01. The van der Waals surface area contributed by atoms with Crippen LogP contribution in [-0.4, -0.2) is 24.7 Å². The predicted octanol–water partition coefficient (Wildman–Crippen LogP) is 2.84. The highest BCUT2D eigenvalue weighted by molar-refractivity contribution is 5.41. The van der Waals surface area contributed by atoms with E-state index in [1.807, 2.05) is 49.4 Å². The minimum Gasteiger partial charge on any atom is -0.370 e. The van der Waals surface area contributed by atoms with Gasteiger partial charge in [-0.15, -0.1) is 0 Å². The number of anilines is 1. The van der Waals surface area contributed by atoms with Crippen LogP contribution in [-0.2, 0) is 4.74 Å². The normalized spacial score (nSPS) is 18.3. The van der Waals surface area contributed by atoms with Crippen LogP contribution in [0, 0.1) is 18.3 Å². The second-order valence-corrected chi connectivity index (χ2v) is 5.18. The SMILES string of the molecule is Cc1cccc(N2CCO[C@H](c3cccc(C#N)c3)C2)n1. The second kappa shape index (κ2) is 5.94. The van der Waals surface area contributed by atoms with Crippen LogP contribution >= 0.6 is 0 Å². The van der Waals surface area contributed by atoms with Crippen molar-refractivity contribution < 1.29 is 4.74 Å². The topological polar surface area (TPSA) is 49.1 Å². The third-order valence-electron chi connectivity index (χ3n) is 3.65. The molecule has 0 saturated carbocycles. The summed E-state index contributed by atoms with van der Waals surface area (Å²) in [7, 11) is 0. The molecule has 1 aromatic heterocycles. The van der Waals surface area contributed by atoms with Gasteiger partial charge in [0.15, 0.2) is 0 Å². The highest BCUT2D eigenvalue weighted by atomic mass is 16.5. The van der Waals surface area contributed by atoms with Crippen molar-refractivity contribution in [2.75, 3.05) is 24.6 Å². The zero-order valence-electron chi connectivity index (χ0n) is 12.0. The van der Waals surface area contributed by atoms with Crippen molar-refractivity contribution in [2.45, 2.75) is 13.0 Å². The van der Waals surface area contributed by atoms with E-state index in [9.17, 15) is 0 Å². The Hall–Kier alpha value is -2.38. The minimum absolute atomic E-state index is 0.0191. The Morgan fingerprint density at radius 2 is 2.14 bits per heavy atom. The van der Waals surface area contributed by atoms with Gasteiger partial charge in [-0.3, -0.25) is 0 Å². The molecule has 21 heavy (non-hydrogen) atoms. The molecule has 1 aliphatic heterocycles. The average molecular weight is 279 g/mol. The zero-order chi connectivity index (χ0) is 14.7. The fourth-order valence-corrected chi connectivity index (χ4v) is 2.57. The molecule has 106 valence electrons. The largest absolute Gasteiger partial charge is 0.370 e. The fourth-order valence-electron chi connectivity index (χ4n) is 2.57. The van der Waals surface area contributed by atoms with E-state index >= 15 is 0 Å². The lowest BCUT2D eigenvalue weighted by molar-refractivity contribution is 0.0395. The maximum Gasteiger partial charge on any atom is 0.128 e. The van der Waals surface area contributed by atoms with Crippen LogP contribution in [0.5, 0.6) is 0 Å². The van der Waals surface area contributed by atoms with Crippen LogP contribution in [0.1, 0.15) is 22.9 Å². The summed E-state index contributed by atoms with van der Waals surface area (Å²) in [6.07, 6.45) is -0.0191. The monoisotopic (exact) mass is 279 g/mol. The number of hydrogen-bond donors (Lipinski definition) is 0. The molecule has 1 atom stereocenters. The molecule has 0 amide bonds. The minimum atomic E-state index is -0.0191. The molecule has 2 aromatic rings. The molecule has 0 bridgehead atoms.